The van der Waals surface area contributed by atoms with Crippen LogP contribution in [0.15, 0.2) is 48.7 Å². The van der Waals surface area contributed by atoms with Gasteiger partial charge in [0.2, 0.25) is 0 Å². The lowest BCUT2D eigenvalue weighted by molar-refractivity contribution is 0.0202. The lowest BCUT2D eigenvalue weighted by Gasteiger charge is -2.27. The Morgan fingerprint density at radius 1 is 0.729 bits per heavy atom. The molecule has 4 aromatic rings. The molecule has 8 rings (SSSR count). The summed E-state index contributed by atoms with van der Waals surface area (Å²) in [7, 11) is 0. The summed E-state index contributed by atoms with van der Waals surface area (Å²) in [6.07, 6.45) is 7.75. The van der Waals surface area contributed by atoms with Crippen LogP contribution >= 0.6 is 0 Å². The van der Waals surface area contributed by atoms with Gasteiger partial charge in [-0.15, -0.1) is 0 Å². The molecule has 4 fully saturated rings. The van der Waals surface area contributed by atoms with Crippen LogP contribution in [-0.2, 0) is 9.47 Å². The maximum absolute atomic E-state index is 13.2. The van der Waals surface area contributed by atoms with Crippen LogP contribution in [0.25, 0.3) is 33.4 Å². The molecule has 2 aliphatic heterocycles. The standard InChI is InChI=1S/C38H46N6O4/c1-35(2,3)47-33(45)43-21-37(13-14-37)18-29(43)31-39-20-28(42-31)24-9-7-23(8-10-24)25-11-12-26-27(17-25)41-32(40-26)30-19-38(15-16-38)22-44(30)34(46)48-36(4,5)6/h7-12,17,20,29-30H,13-16,18-19,21-22H2,1-6H3,(H,39,42)(H,40,41)/t29-,30-/m0/s1. The van der Waals surface area contributed by atoms with E-state index in [2.05, 4.69) is 46.4 Å². The first-order chi connectivity index (χ1) is 22.7. The highest BCUT2D eigenvalue weighted by molar-refractivity contribution is 5.83. The first-order valence-corrected chi connectivity index (χ1v) is 17.3. The molecule has 48 heavy (non-hydrogen) atoms. The van der Waals surface area contributed by atoms with Gasteiger partial charge in [0.15, 0.2) is 0 Å². The number of hydrogen-bond acceptors (Lipinski definition) is 6. The molecule has 2 amide bonds. The van der Waals surface area contributed by atoms with E-state index < -0.39 is 11.2 Å². The molecule has 2 aliphatic carbocycles. The van der Waals surface area contributed by atoms with Gasteiger partial charge in [-0.05, 0) is 120 Å². The Labute approximate surface area is 281 Å². The second-order valence-electron chi connectivity index (χ2n) is 16.8. The third kappa shape index (κ3) is 5.94. The minimum atomic E-state index is -0.544. The summed E-state index contributed by atoms with van der Waals surface area (Å²) in [4.78, 5) is 46.8. The van der Waals surface area contributed by atoms with E-state index in [1.807, 2.05) is 63.6 Å². The van der Waals surface area contributed by atoms with E-state index in [9.17, 15) is 9.59 Å². The topological polar surface area (TPSA) is 116 Å². The molecular weight excluding hydrogens is 604 g/mol. The predicted molar refractivity (Wildman–Crippen MR) is 183 cm³/mol. The number of hydrogen-bond donors (Lipinski definition) is 2. The molecule has 2 saturated heterocycles. The third-order valence-corrected chi connectivity index (χ3v) is 10.4. The SMILES string of the molecule is CC(C)(C)OC(=O)N1CC2(CC2)C[C@H]1c1ncc(-c2ccc(-c3ccc4nc([C@@H]5CC6(CC6)CN5C(=O)OC(C)(C)C)[nH]c4c3)cc2)[nH]1. The zero-order chi connectivity index (χ0) is 33.6. The Morgan fingerprint density at radius 2 is 1.25 bits per heavy atom. The smallest absolute Gasteiger partial charge is 0.410 e. The fourth-order valence-electron chi connectivity index (χ4n) is 7.57. The summed E-state index contributed by atoms with van der Waals surface area (Å²) >= 11 is 0. The summed E-state index contributed by atoms with van der Waals surface area (Å²) in [5.74, 6) is 1.63. The van der Waals surface area contributed by atoms with Crippen molar-refractivity contribution in [3.05, 3.63) is 60.3 Å². The first-order valence-electron chi connectivity index (χ1n) is 17.3. The van der Waals surface area contributed by atoms with Crippen LogP contribution < -0.4 is 0 Å². The molecule has 0 radical (unpaired) electrons. The van der Waals surface area contributed by atoms with Gasteiger partial charge in [-0.1, -0.05) is 30.3 Å². The maximum Gasteiger partial charge on any atom is 0.410 e. The van der Waals surface area contributed by atoms with Crippen molar-refractivity contribution in [2.45, 2.75) is 103 Å². The Balaban J connectivity index is 0.997. The highest BCUT2D eigenvalue weighted by Gasteiger charge is 2.56. The molecule has 10 heteroatoms. The van der Waals surface area contributed by atoms with E-state index in [-0.39, 0.29) is 35.1 Å². The van der Waals surface area contributed by atoms with Crippen molar-refractivity contribution in [2.24, 2.45) is 10.8 Å². The number of nitrogens with one attached hydrogen (secondary N) is 2. The maximum atomic E-state index is 13.2. The second kappa shape index (κ2) is 10.6. The van der Waals surface area contributed by atoms with Gasteiger partial charge in [0.1, 0.15) is 22.9 Å². The van der Waals surface area contributed by atoms with Crippen LogP contribution in [-0.4, -0.2) is 66.2 Å². The quantitative estimate of drug-likeness (QED) is 0.229. The predicted octanol–water partition coefficient (Wildman–Crippen LogP) is 8.54. The first kappa shape index (κ1) is 31.0. The molecule has 2 aromatic heterocycles. The van der Waals surface area contributed by atoms with Crippen molar-refractivity contribution in [3.63, 3.8) is 0 Å². The second-order valence-corrected chi connectivity index (χ2v) is 16.8. The van der Waals surface area contributed by atoms with Crippen molar-refractivity contribution in [1.82, 2.24) is 29.7 Å². The van der Waals surface area contributed by atoms with Crippen LogP contribution in [0, 0.1) is 10.8 Å². The van der Waals surface area contributed by atoms with E-state index >= 15 is 0 Å². The molecular formula is C38H46N6O4. The van der Waals surface area contributed by atoms with E-state index in [1.54, 1.807) is 0 Å². The average Bonchev–Trinajstić information content (AvgIpc) is 3.62. The van der Waals surface area contributed by atoms with Gasteiger partial charge in [-0.3, -0.25) is 9.80 Å². The van der Waals surface area contributed by atoms with Gasteiger partial charge < -0.3 is 19.4 Å². The normalized spacial score (nSPS) is 22.5. The molecule has 4 heterocycles. The Bertz CT molecular complexity index is 1890. The third-order valence-electron chi connectivity index (χ3n) is 10.4. The van der Waals surface area contributed by atoms with Gasteiger partial charge in [0.25, 0.3) is 0 Å². The van der Waals surface area contributed by atoms with Crippen LogP contribution in [0.2, 0.25) is 0 Å². The molecule has 4 aliphatic rings. The number of amides is 2. The van der Waals surface area contributed by atoms with Crippen LogP contribution in [0.4, 0.5) is 9.59 Å². The van der Waals surface area contributed by atoms with Gasteiger partial charge in [-0.2, -0.15) is 0 Å². The number of ether oxygens (including phenoxy) is 2. The number of aromatic nitrogens is 4. The fraction of sp³-hybridized carbons (Fsp3) is 0.526. The monoisotopic (exact) mass is 650 g/mol. The lowest BCUT2D eigenvalue weighted by atomic mass is 10.0. The molecule has 2 N–H and O–H groups in total. The van der Waals surface area contributed by atoms with Gasteiger partial charge in [0, 0.05) is 13.1 Å². The number of imidazole rings is 2. The molecule has 2 aromatic carbocycles. The van der Waals surface area contributed by atoms with Crippen molar-refractivity contribution in [2.75, 3.05) is 13.1 Å². The van der Waals surface area contributed by atoms with Crippen molar-refractivity contribution < 1.29 is 19.1 Å². The Morgan fingerprint density at radius 3 is 1.79 bits per heavy atom. The summed E-state index contributed by atoms with van der Waals surface area (Å²) < 4.78 is 11.5. The number of fused-ring (bicyclic) bond motifs is 1. The van der Waals surface area contributed by atoms with Crippen molar-refractivity contribution in [3.8, 4) is 22.4 Å². The highest BCUT2D eigenvalue weighted by Crippen LogP contribution is 2.59. The van der Waals surface area contributed by atoms with Crippen molar-refractivity contribution >= 4 is 23.2 Å². The number of rotatable bonds is 4. The number of benzene rings is 2. The average molecular weight is 651 g/mol. The van der Waals surface area contributed by atoms with E-state index in [4.69, 9.17) is 19.4 Å². The lowest BCUT2D eigenvalue weighted by Crippen LogP contribution is -2.37. The molecule has 2 saturated carbocycles. The number of likely N-dealkylation sites (tertiary alicyclic amines) is 2. The number of H-pyrrole nitrogens is 2. The van der Waals surface area contributed by atoms with Crippen molar-refractivity contribution in [1.29, 1.82) is 0 Å². The van der Waals surface area contributed by atoms with Crippen LogP contribution in [0.5, 0.6) is 0 Å². The number of carbonyl (C=O) groups is 2. The van der Waals surface area contributed by atoms with Gasteiger partial charge in [-0.25, -0.2) is 19.6 Å². The minimum absolute atomic E-state index is 0.114. The minimum Gasteiger partial charge on any atom is -0.444 e. The highest BCUT2D eigenvalue weighted by atomic mass is 16.6. The summed E-state index contributed by atoms with van der Waals surface area (Å²) in [5.41, 5.74) is 5.29. The molecule has 2 spiro atoms. The largest absolute Gasteiger partial charge is 0.444 e. The van der Waals surface area contributed by atoms with Crippen LogP contribution in [0.1, 0.15) is 104 Å². The fourth-order valence-corrected chi connectivity index (χ4v) is 7.57. The van der Waals surface area contributed by atoms with E-state index in [0.29, 0.717) is 0 Å². The molecule has 0 unspecified atom stereocenters. The Kier molecular flexibility index (Phi) is 6.82. The zero-order valence-corrected chi connectivity index (χ0v) is 28.9. The number of nitrogens with zero attached hydrogens (tertiary/aromatic N) is 4. The van der Waals surface area contributed by atoms with Crippen LogP contribution in [0.3, 0.4) is 0 Å². The molecule has 10 nitrogen and oxygen atoms in total. The van der Waals surface area contributed by atoms with E-state index in [1.165, 1.54) is 0 Å². The Hall–Kier alpha value is -4.34. The summed E-state index contributed by atoms with van der Waals surface area (Å²) in [6.45, 7) is 12.9. The summed E-state index contributed by atoms with van der Waals surface area (Å²) in [5, 5.41) is 0. The molecule has 0 bridgehead atoms. The van der Waals surface area contributed by atoms with Gasteiger partial charge >= 0.3 is 12.2 Å². The molecule has 252 valence electrons. The summed E-state index contributed by atoms with van der Waals surface area (Å²) in [6, 6.07) is 14.5. The van der Waals surface area contributed by atoms with Gasteiger partial charge in [0.05, 0.1) is 35.0 Å². The number of aromatic amines is 2. The van der Waals surface area contributed by atoms with E-state index in [0.717, 1.165) is 96.7 Å². The molecule has 2 atom stereocenters. The number of carbonyl (C=O) groups excluding carboxylic acids is 2. The zero-order valence-electron chi connectivity index (χ0n) is 28.9.